The van der Waals surface area contributed by atoms with Crippen LogP contribution >= 0.6 is 0 Å². The number of amides is 2. The number of hydrogen-bond donors (Lipinski definition) is 0. The second kappa shape index (κ2) is 7.94. The third kappa shape index (κ3) is 5.59. The Morgan fingerprint density at radius 3 is 2.32 bits per heavy atom. The Morgan fingerprint density at radius 1 is 1.27 bits per heavy atom. The predicted molar refractivity (Wildman–Crippen MR) is 86.2 cm³/mol. The van der Waals surface area contributed by atoms with Crippen molar-refractivity contribution in [3.05, 3.63) is 0 Å². The topological polar surface area (TPSA) is 74.8 Å². The quantitative estimate of drug-likeness (QED) is 0.695. The van der Waals surface area contributed by atoms with E-state index < -0.39 is 9.84 Å². The molecule has 0 saturated carbocycles. The lowest BCUT2D eigenvalue weighted by atomic mass is 10.1. The standard InChI is InChI=1S/C15H28N2O4S/c1-5-17(14-7-9-22(20,21)11-14)15(19)10-16(13(4)18)8-6-12(2)3/h12,14H,5-11H2,1-4H3. The first-order valence-corrected chi connectivity index (χ1v) is 9.73. The minimum Gasteiger partial charge on any atom is -0.337 e. The molecule has 0 spiro atoms. The summed E-state index contributed by atoms with van der Waals surface area (Å²) in [5, 5.41) is 0. The molecule has 1 saturated heterocycles. The van der Waals surface area contributed by atoms with Gasteiger partial charge in [-0.05, 0) is 25.7 Å². The van der Waals surface area contributed by atoms with Crippen molar-refractivity contribution in [2.75, 3.05) is 31.1 Å². The Labute approximate surface area is 133 Å². The summed E-state index contributed by atoms with van der Waals surface area (Å²) in [6.07, 6.45) is 1.34. The van der Waals surface area contributed by atoms with Crippen LogP contribution in [0.25, 0.3) is 0 Å². The molecule has 1 unspecified atom stereocenters. The first-order valence-electron chi connectivity index (χ1n) is 7.91. The minimum atomic E-state index is -3.02. The lowest BCUT2D eigenvalue weighted by Crippen LogP contribution is -2.47. The van der Waals surface area contributed by atoms with Crippen molar-refractivity contribution in [1.29, 1.82) is 0 Å². The molecule has 1 aliphatic heterocycles. The number of rotatable bonds is 7. The van der Waals surface area contributed by atoms with Gasteiger partial charge < -0.3 is 9.80 Å². The summed E-state index contributed by atoms with van der Waals surface area (Å²) in [4.78, 5) is 27.3. The van der Waals surface area contributed by atoms with E-state index in [1.807, 2.05) is 6.92 Å². The largest absolute Gasteiger partial charge is 0.337 e. The van der Waals surface area contributed by atoms with Crippen molar-refractivity contribution in [3.8, 4) is 0 Å². The summed E-state index contributed by atoms with van der Waals surface area (Å²) < 4.78 is 23.2. The van der Waals surface area contributed by atoms with Gasteiger partial charge in [-0.3, -0.25) is 9.59 Å². The normalized spacial score (nSPS) is 20.1. The van der Waals surface area contributed by atoms with Gasteiger partial charge in [-0.15, -0.1) is 0 Å². The molecule has 1 rings (SSSR count). The van der Waals surface area contributed by atoms with E-state index in [2.05, 4.69) is 13.8 Å². The van der Waals surface area contributed by atoms with Crippen molar-refractivity contribution in [3.63, 3.8) is 0 Å². The highest BCUT2D eigenvalue weighted by atomic mass is 32.2. The van der Waals surface area contributed by atoms with Crippen molar-refractivity contribution in [1.82, 2.24) is 9.80 Å². The van der Waals surface area contributed by atoms with Gasteiger partial charge in [0, 0.05) is 26.1 Å². The number of likely N-dealkylation sites (N-methyl/N-ethyl adjacent to an activating group) is 1. The van der Waals surface area contributed by atoms with E-state index in [1.54, 1.807) is 9.80 Å². The minimum absolute atomic E-state index is 0.0342. The smallest absolute Gasteiger partial charge is 0.242 e. The molecule has 0 N–H and O–H groups in total. The van der Waals surface area contributed by atoms with Crippen LogP contribution in [0.1, 0.15) is 40.5 Å². The molecule has 1 fully saturated rings. The second-order valence-corrected chi connectivity index (χ2v) is 8.59. The Bertz CT molecular complexity index is 502. The maximum absolute atomic E-state index is 12.5. The fourth-order valence-electron chi connectivity index (χ4n) is 2.68. The van der Waals surface area contributed by atoms with Gasteiger partial charge in [0.05, 0.1) is 18.1 Å². The summed E-state index contributed by atoms with van der Waals surface area (Å²) >= 11 is 0. The molecule has 0 bridgehead atoms. The van der Waals surface area contributed by atoms with Gasteiger partial charge in [0.25, 0.3) is 0 Å². The fourth-order valence-corrected chi connectivity index (χ4v) is 4.41. The molecule has 0 aromatic heterocycles. The highest BCUT2D eigenvalue weighted by Crippen LogP contribution is 2.18. The molecule has 0 aliphatic carbocycles. The van der Waals surface area contributed by atoms with Crippen molar-refractivity contribution < 1.29 is 18.0 Å². The van der Waals surface area contributed by atoms with E-state index in [9.17, 15) is 18.0 Å². The van der Waals surface area contributed by atoms with E-state index in [4.69, 9.17) is 0 Å². The van der Waals surface area contributed by atoms with Gasteiger partial charge in [-0.2, -0.15) is 0 Å². The van der Waals surface area contributed by atoms with Crippen LogP contribution in [0.3, 0.4) is 0 Å². The first kappa shape index (κ1) is 18.9. The van der Waals surface area contributed by atoms with Crippen LogP contribution in [0, 0.1) is 5.92 Å². The van der Waals surface area contributed by atoms with Crippen LogP contribution < -0.4 is 0 Å². The van der Waals surface area contributed by atoms with Gasteiger partial charge in [0.15, 0.2) is 9.84 Å². The van der Waals surface area contributed by atoms with Gasteiger partial charge in [-0.1, -0.05) is 13.8 Å². The Balaban J connectivity index is 2.68. The van der Waals surface area contributed by atoms with E-state index >= 15 is 0 Å². The molecule has 7 heteroatoms. The average molecular weight is 332 g/mol. The number of hydrogen-bond acceptors (Lipinski definition) is 4. The molecule has 0 aromatic rings. The monoisotopic (exact) mass is 332 g/mol. The lowest BCUT2D eigenvalue weighted by Gasteiger charge is -2.30. The molecule has 2 amide bonds. The molecule has 0 aromatic carbocycles. The molecule has 128 valence electrons. The highest BCUT2D eigenvalue weighted by molar-refractivity contribution is 7.91. The molecular weight excluding hydrogens is 304 g/mol. The highest BCUT2D eigenvalue weighted by Gasteiger charge is 2.34. The van der Waals surface area contributed by atoms with Crippen molar-refractivity contribution in [2.24, 2.45) is 5.92 Å². The molecular formula is C15H28N2O4S. The summed E-state index contributed by atoms with van der Waals surface area (Å²) in [7, 11) is -3.02. The fraction of sp³-hybridized carbons (Fsp3) is 0.867. The summed E-state index contributed by atoms with van der Waals surface area (Å²) in [6, 6.07) is -0.249. The lowest BCUT2D eigenvalue weighted by molar-refractivity contribution is -0.140. The van der Waals surface area contributed by atoms with Crippen LogP contribution in [0.4, 0.5) is 0 Å². The zero-order valence-electron chi connectivity index (χ0n) is 14.0. The van der Waals surface area contributed by atoms with Crippen LogP contribution in [-0.2, 0) is 19.4 Å². The van der Waals surface area contributed by atoms with Crippen LogP contribution in [0.2, 0.25) is 0 Å². The Morgan fingerprint density at radius 2 is 1.91 bits per heavy atom. The maximum atomic E-state index is 12.5. The van der Waals surface area contributed by atoms with E-state index in [0.29, 0.717) is 25.4 Å². The molecule has 22 heavy (non-hydrogen) atoms. The van der Waals surface area contributed by atoms with Crippen molar-refractivity contribution >= 4 is 21.7 Å². The van der Waals surface area contributed by atoms with Gasteiger partial charge in [0.2, 0.25) is 11.8 Å². The second-order valence-electron chi connectivity index (χ2n) is 6.36. The molecule has 1 aliphatic rings. The third-order valence-corrected chi connectivity index (χ3v) is 5.81. The molecule has 0 radical (unpaired) electrons. The van der Waals surface area contributed by atoms with Crippen molar-refractivity contribution in [2.45, 2.75) is 46.6 Å². The molecule has 6 nitrogen and oxygen atoms in total. The van der Waals surface area contributed by atoms with Crippen LogP contribution in [0.5, 0.6) is 0 Å². The number of carbonyl (C=O) groups is 2. The van der Waals surface area contributed by atoms with Crippen LogP contribution in [-0.4, -0.2) is 67.2 Å². The first-order chi connectivity index (χ1) is 10.2. The SMILES string of the molecule is CCN(C(=O)CN(CCC(C)C)C(C)=O)C1CCS(=O)(=O)C1. The van der Waals surface area contributed by atoms with Gasteiger partial charge >= 0.3 is 0 Å². The van der Waals surface area contributed by atoms with E-state index in [0.717, 1.165) is 6.42 Å². The third-order valence-electron chi connectivity index (χ3n) is 4.06. The average Bonchev–Trinajstić information content (AvgIpc) is 2.75. The summed E-state index contributed by atoms with van der Waals surface area (Å²) in [6.45, 7) is 8.50. The predicted octanol–water partition coefficient (Wildman–Crippen LogP) is 0.917. The zero-order valence-corrected chi connectivity index (χ0v) is 14.9. The Kier molecular flexibility index (Phi) is 6.84. The van der Waals surface area contributed by atoms with E-state index in [1.165, 1.54) is 6.92 Å². The van der Waals surface area contributed by atoms with E-state index in [-0.39, 0.29) is 35.9 Å². The number of nitrogens with zero attached hydrogens (tertiary/aromatic N) is 2. The van der Waals surface area contributed by atoms with Gasteiger partial charge in [0.1, 0.15) is 0 Å². The summed E-state index contributed by atoms with van der Waals surface area (Å²) in [5.41, 5.74) is 0. The maximum Gasteiger partial charge on any atom is 0.242 e. The number of sulfone groups is 1. The summed E-state index contributed by atoms with van der Waals surface area (Å²) in [5.74, 6) is 0.357. The number of carbonyl (C=O) groups excluding carboxylic acids is 2. The molecule has 1 atom stereocenters. The van der Waals surface area contributed by atoms with Crippen LogP contribution in [0.15, 0.2) is 0 Å². The Hall–Kier alpha value is -1.11. The molecule has 1 heterocycles. The zero-order chi connectivity index (χ0) is 16.9. The van der Waals surface area contributed by atoms with Gasteiger partial charge in [-0.25, -0.2) is 8.42 Å².